The number of pyridine rings is 2. The molecule has 2 aromatic heterocycles. The zero-order valence-electron chi connectivity index (χ0n) is 20.8. The fourth-order valence-electron chi connectivity index (χ4n) is 4.53. The van der Waals surface area contributed by atoms with Gasteiger partial charge in [0.05, 0.1) is 22.2 Å². The molecular weight excluding hydrogens is 512 g/mol. The molecule has 4 aromatic rings. The number of amides is 1. The van der Waals surface area contributed by atoms with Crippen LogP contribution in [0.1, 0.15) is 34.5 Å². The molecule has 0 fully saturated rings. The Morgan fingerprint density at radius 2 is 1.90 bits per heavy atom. The molecule has 3 heterocycles. The Morgan fingerprint density at radius 3 is 2.59 bits per heavy atom. The number of benzene rings is 2. The lowest BCUT2D eigenvalue weighted by Crippen LogP contribution is -2.36. The molecule has 1 aliphatic heterocycles. The van der Waals surface area contributed by atoms with Gasteiger partial charge in [-0.1, -0.05) is 24.8 Å². The molecule has 5 rings (SSSR count). The fourth-order valence-corrected chi connectivity index (χ4v) is 4.53. The third-order valence-electron chi connectivity index (χ3n) is 6.99. The summed E-state index contributed by atoms with van der Waals surface area (Å²) in [6.45, 7) is 4.80. The smallest absolute Gasteiger partial charge is 0.398 e. The van der Waals surface area contributed by atoms with Crippen LogP contribution in [0.5, 0.6) is 5.75 Å². The maximum atomic E-state index is 14.4. The van der Waals surface area contributed by atoms with E-state index in [0.29, 0.717) is 22.0 Å². The molecule has 3 N–H and O–H groups in total. The first-order valence-electron chi connectivity index (χ1n) is 12.1. The van der Waals surface area contributed by atoms with Gasteiger partial charge in [0.15, 0.2) is 0 Å². The summed E-state index contributed by atoms with van der Waals surface area (Å²) in [6, 6.07) is 15.2. The van der Waals surface area contributed by atoms with Crippen molar-refractivity contribution in [1.82, 2.24) is 15.3 Å². The molecule has 1 aliphatic rings. The number of nitrogens with two attached hydrogens (primary N) is 1. The van der Waals surface area contributed by atoms with E-state index in [1.54, 1.807) is 37.3 Å². The molecule has 0 saturated carbocycles. The number of fused-ring (bicyclic) bond motifs is 2. The van der Waals surface area contributed by atoms with Crippen LogP contribution < -0.4 is 15.8 Å². The average Bonchev–Trinajstić information content (AvgIpc) is 3.25. The van der Waals surface area contributed by atoms with Crippen molar-refractivity contribution in [2.24, 2.45) is 5.73 Å². The topological polar surface area (TPSA) is 90.1 Å². The number of hydrogen-bond acceptors (Lipinski definition) is 5. The monoisotopic (exact) mass is 536 g/mol. The second-order valence-electron chi connectivity index (χ2n) is 9.65. The minimum absolute atomic E-state index is 0.0549. The van der Waals surface area contributed by atoms with Gasteiger partial charge in [0.25, 0.3) is 5.91 Å². The van der Waals surface area contributed by atoms with Crippen LogP contribution >= 0.6 is 0 Å². The highest BCUT2D eigenvalue weighted by atomic mass is 19.4. The van der Waals surface area contributed by atoms with Crippen LogP contribution in [0.2, 0.25) is 0 Å². The molecule has 0 aliphatic carbocycles. The van der Waals surface area contributed by atoms with Crippen molar-refractivity contribution >= 4 is 16.8 Å². The molecule has 6 nitrogen and oxygen atoms in total. The van der Waals surface area contributed by atoms with Crippen molar-refractivity contribution in [2.45, 2.75) is 24.4 Å². The molecule has 0 saturated heterocycles. The largest absolute Gasteiger partial charge is 0.490 e. The van der Waals surface area contributed by atoms with Gasteiger partial charge in [-0.3, -0.25) is 9.78 Å². The standard InChI is InChI=1S/C29H24F4N4O2/c1-16(34)28(2)15-39-26-21(28)12-24(37-25(26)17-7-9-20(30)10-8-17)22(29(31,32)33)14-36-27(38)19-11-18-5-3-4-6-23(18)35-13-19/h3-13,22H,1,14-15,34H2,2H3,(H,36,38)/t22?,28-/m1/s1. The molecule has 1 unspecified atom stereocenters. The fraction of sp³-hybridized carbons (Fsp3) is 0.207. The molecule has 0 radical (unpaired) electrons. The quantitative estimate of drug-likeness (QED) is 0.312. The molecule has 200 valence electrons. The lowest BCUT2D eigenvalue weighted by Gasteiger charge is -2.25. The van der Waals surface area contributed by atoms with E-state index >= 15 is 0 Å². The van der Waals surface area contributed by atoms with E-state index in [2.05, 4.69) is 21.9 Å². The highest BCUT2D eigenvalue weighted by molar-refractivity contribution is 5.97. The number of halogens is 4. The first kappa shape index (κ1) is 26.1. The third kappa shape index (κ3) is 4.89. The van der Waals surface area contributed by atoms with Crippen molar-refractivity contribution < 1.29 is 27.1 Å². The van der Waals surface area contributed by atoms with Gasteiger partial charge in [0, 0.05) is 35.0 Å². The lowest BCUT2D eigenvalue weighted by atomic mass is 9.80. The average molecular weight is 537 g/mol. The van der Waals surface area contributed by atoms with Gasteiger partial charge in [-0.25, -0.2) is 9.37 Å². The summed E-state index contributed by atoms with van der Waals surface area (Å²) >= 11 is 0. The summed E-state index contributed by atoms with van der Waals surface area (Å²) in [5.41, 5.74) is 6.60. The Labute approximate surface area is 221 Å². The van der Waals surface area contributed by atoms with Crippen molar-refractivity contribution in [3.63, 3.8) is 0 Å². The second kappa shape index (κ2) is 9.68. The predicted octanol–water partition coefficient (Wildman–Crippen LogP) is 5.63. The first-order chi connectivity index (χ1) is 18.5. The molecule has 39 heavy (non-hydrogen) atoms. The second-order valence-corrected chi connectivity index (χ2v) is 9.65. The van der Waals surface area contributed by atoms with E-state index < -0.39 is 35.8 Å². The Kier molecular flexibility index (Phi) is 6.49. The van der Waals surface area contributed by atoms with Crippen molar-refractivity contribution in [2.75, 3.05) is 13.2 Å². The lowest BCUT2D eigenvalue weighted by molar-refractivity contribution is -0.149. The van der Waals surface area contributed by atoms with E-state index in [0.717, 1.165) is 0 Å². The van der Waals surface area contributed by atoms with E-state index in [4.69, 9.17) is 10.5 Å². The summed E-state index contributed by atoms with van der Waals surface area (Å²) in [6.07, 6.45) is -3.44. The number of para-hydroxylation sites is 1. The van der Waals surface area contributed by atoms with Crippen LogP contribution in [-0.4, -0.2) is 35.2 Å². The number of hydrogen-bond donors (Lipinski definition) is 2. The van der Waals surface area contributed by atoms with E-state index in [9.17, 15) is 22.4 Å². The summed E-state index contributed by atoms with van der Waals surface area (Å²) in [4.78, 5) is 21.4. The van der Waals surface area contributed by atoms with E-state index in [-0.39, 0.29) is 35.0 Å². The number of rotatable bonds is 6. The van der Waals surface area contributed by atoms with Crippen LogP contribution in [0.15, 0.2) is 79.1 Å². The van der Waals surface area contributed by atoms with E-state index in [1.165, 1.54) is 36.5 Å². The minimum Gasteiger partial charge on any atom is -0.490 e. The van der Waals surface area contributed by atoms with Crippen LogP contribution in [-0.2, 0) is 5.41 Å². The third-order valence-corrected chi connectivity index (χ3v) is 6.99. The number of carbonyl (C=O) groups excluding carboxylic acids is 1. The van der Waals surface area contributed by atoms with E-state index in [1.807, 2.05) is 0 Å². The minimum atomic E-state index is -4.76. The molecule has 0 bridgehead atoms. The van der Waals surface area contributed by atoms with Crippen molar-refractivity contribution in [1.29, 1.82) is 0 Å². The van der Waals surface area contributed by atoms with Crippen LogP contribution in [0.3, 0.4) is 0 Å². The van der Waals surface area contributed by atoms with Gasteiger partial charge in [-0.2, -0.15) is 13.2 Å². The number of alkyl halides is 3. The summed E-state index contributed by atoms with van der Waals surface area (Å²) in [7, 11) is 0. The molecule has 2 atom stereocenters. The van der Waals surface area contributed by atoms with Gasteiger partial charge in [0.1, 0.15) is 29.8 Å². The first-order valence-corrected chi connectivity index (χ1v) is 12.1. The van der Waals surface area contributed by atoms with Gasteiger partial charge in [-0.05, 0) is 49.4 Å². The Morgan fingerprint density at radius 1 is 1.18 bits per heavy atom. The SMILES string of the molecule is C=C(N)[C@@]1(C)COc2c1cc(C(CNC(=O)c1cnc3ccccc3c1)C(F)(F)F)nc2-c1ccc(F)cc1. The zero-order valence-corrected chi connectivity index (χ0v) is 20.8. The Bertz CT molecular complexity index is 1590. The van der Waals surface area contributed by atoms with Gasteiger partial charge in [0.2, 0.25) is 0 Å². The summed E-state index contributed by atoms with van der Waals surface area (Å²) in [5.74, 6) is -3.11. The summed E-state index contributed by atoms with van der Waals surface area (Å²) < 4.78 is 62.7. The van der Waals surface area contributed by atoms with Crippen LogP contribution in [0.4, 0.5) is 17.6 Å². The van der Waals surface area contributed by atoms with Crippen LogP contribution in [0.25, 0.3) is 22.2 Å². The highest BCUT2D eigenvalue weighted by Crippen LogP contribution is 2.48. The zero-order chi connectivity index (χ0) is 27.9. The van der Waals surface area contributed by atoms with Gasteiger partial charge >= 0.3 is 6.18 Å². The van der Waals surface area contributed by atoms with Gasteiger partial charge in [-0.15, -0.1) is 0 Å². The number of carbonyl (C=O) groups is 1. The Balaban J connectivity index is 1.54. The number of nitrogens with one attached hydrogen (secondary N) is 1. The number of nitrogens with zero attached hydrogens (tertiary/aromatic N) is 2. The number of aromatic nitrogens is 2. The van der Waals surface area contributed by atoms with Gasteiger partial charge < -0.3 is 15.8 Å². The molecular formula is C29H24F4N4O2. The summed E-state index contributed by atoms with van der Waals surface area (Å²) in [5, 5.41) is 3.07. The van der Waals surface area contributed by atoms with Crippen LogP contribution in [0, 0.1) is 5.82 Å². The normalized spacial score (nSPS) is 17.4. The maximum absolute atomic E-state index is 14.4. The van der Waals surface area contributed by atoms with Crippen molar-refractivity contribution in [3.05, 3.63) is 102 Å². The molecule has 1 amide bonds. The molecule has 0 spiro atoms. The Hall–Kier alpha value is -4.47. The highest BCUT2D eigenvalue weighted by Gasteiger charge is 2.46. The molecule has 2 aromatic carbocycles. The predicted molar refractivity (Wildman–Crippen MR) is 139 cm³/mol. The maximum Gasteiger partial charge on any atom is 0.398 e. The van der Waals surface area contributed by atoms with Crippen molar-refractivity contribution in [3.8, 4) is 17.0 Å². The number of ether oxygens (including phenoxy) is 1. The molecule has 10 heteroatoms.